The van der Waals surface area contributed by atoms with Gasteiger partial charge in [-0.1, -0.05) is 379 Å². The molecule has 0 rings (SSSR count). The Hall–Kier alpha value is -2.11. The van der Waals surface area contributed by atoms with E-state index in [9.17, 15) is 14.4 Å². The van der Waals surface area contributed by atoms with Gasteiger partial charge in [-0.3, -0.25) is 14.4 Å². The molecule has 0 heterocycles. The molecular formula is C76H144O6. The number of esters is 3. The first-order valence-corrected chi connectivity index (χ1v) is 37.3. The van der Waals surface area contributed by atoms with Crippen molar-refractivity contribution in [2.24, 2.45) is 0 Å². The highest BCUT2D eigenvalue weighted by Crippen LogP contribution is 2.19. The number of unbranched alkanes of at least 4 members (excludes halogenated alkanes) is 55. The van der Waals surface area contributed by atoms with Gasteiger partial charge in [-0.25, -0.2) is 0 Å². The fourth-order valence-electron chi connectivity index (χ4n) is 11.6. The van der Waals surface area contributed by atoms with E-state index in [4.69, 9.17) is 14.2 Å². The lowest BCUT2D eigenvalue weighted by Gasteiger charge is -2.18. The van der Waals surface area contributed by atoms with Gasteiger partial charge in [-0.05, 0) is 51.4 Å². The molecule has 0 bridgehead atoms. The molecule has 6 heteroatoms. The van der Waals surface area contributed by atoms with Gasteiger partial charge in [0.2, 0.25) is 0 Å². The van der Waals surface area contributed by atoms with Crippen molar-refractivity contribution in [3.63, 3.8) is 0 Å². The molecule has 0 saturated carbocycles. The van der Waals surface area contributed by atoms with E-state index >= 15 is 0 Å². The van der Waals surface area contributed by atoms with E-state index in [2.05, 4.69) is 45.1 Å². The van der Waals surface area contributed by atoms with Crippen molar-refractivity contribution in [2.45, 2.75) is 431 Å². The monoisotopic (exact) mass is 1150 g/mol. The van der Waals surface area contributed by atoms with Crippen molar-refractivity contribution in [1.29, 1.82) is 0 Å². The molecule has 1 unspecified atom stereocenters. The second-order valence-corrected chi connectivity index (χ2v) is 25.6. The van der Waals surface area contributed by atoms with Gasteiger partial charge in [0.05, 0.1) is 0 Å². The fourth-order valence-corrected chi connectivity index (χ4v) is 11.6. The number of hydrogen-bond acceptors (Lipinski definition) is 6. The highest BCUT2D eigenvalue weighted by Gasteiger charge is 2.20. The van der Waals surface area contributed by atoms with E-state index in [0.717, 1.165) is 64.2 Å². The zero-order valence-corrected chi connectivity index (χ0v) is 55.8. The first kappa shape index (κ1) is 79.9. The third-order valence-electron chi connectivity index (χ3n) is 17.2. The van der Waals surface area contributed by atoms with Crippen LogP contribution in [0.15, 0.2) is 24.3 Å². The van der Waals surface area contributed by atoms with Crippen molar-refractivity contribution in [3.05, 3.63) is 24.3 Å². The molecule has 0 saturated heterocycles. The Kier molecular flexibility index (Phi) is 69.5. The molecule has 484 valence electrons. The van der Waals surface area contributed by atoms with E-state index in [0.29, 0.717) is 19.3 Å². The summed E-state index contributed by atoms with van der Waals surface area (Å²) in [5.41, 5.74) is 0. The van der Waals surface area contributed by atoms with Gasteiger partial charge in [0.1, 0.15) is 13.2 Å². The average molecular weight is 1150 g/mol. The molecule has 0 N–H and O–H groups in total. The van der Waals surface area contributed by atoms with Crippen molar-refractivity contribution < 1.29 is 28.6 Å². The summed E-state index contributed by atoms with van der Waals surface area (Å²) in [5.74, 6) is -0.826. The van der Waals surface area contributed by atoms with Gasteiger partial charge in [0.25, 0.3) is 0 Å². The van der Waals surface area contributed by atoms with Crippen LogP contribution < -0.4 is 0 Å². The first-order valence-electron chi connectivity index (χ1n) is 37.3. The Labute approximate surface area is 513 Å². The standard InChI is InChI=1S/C76H144O6/c1-4-7-10-13-16-19-22-25-28-31-33-35-37-38-39-41-42-45-48-51-54-57-60-63-66-69-75(78)81-72-73(71-80-74(77)68-65-62-59-56-53-50-47-44-30-27-24-21-18-15-12-9-6-3)82-76(79)70-67-64-61-58-55-52-49-46-43-40-36-34-32-29-26-23-20-17-14-11-8-5-2/h22,25,31,33,73H,4-21,23-24,26-30,32,34-72H2,1-3H3/b25-22-,33-31-. The zero-order valence-electron chi connectivity index (χ0n) is 55.8. The van der Waals surface area contributed by atoms with Crippen LogP contribution in [0.4, 0.5) is 0 Å². The molecular weight excluding hydrogens is 1010 g/mol. The molecule has 1 atom stereocenters. The SMILES string of the molecule is CCCCCCC/C=C\C/C=C\CCCCCCCCCCCCCCCC(=O)OCC(COC(=O)CCCCCCCCCCCCCCCCCCC)OC(=O)CCCCCCCCCCCCCCCCCCCCCCCC. The third kappa shape index (κ3) is 68.7. The Morgan fingerprint density at radius 3 is 0.671 bits per heavy atom. The van der Waals surface area contributed by atoms with Crippen LogP contribution in [0.1, 0.15) is 425 Å². The molecule has 6 nitrogen and oxygen atoms in total. The van der Waals surface area contributed by atoms with Crippen LogP contribution >= 0.6 is 0 Å². The molecule has 82 heavy (non-hydrogen) atoms. The van der Waals surface area contributed by atoms with Gasteiger partial charge in [0.15, 0.2) is 6.10 Å². The van der Waals surface area contributed by atoms with Crippen LogP contribution in [-0.4, -0.2) is 37.2 Å². The smallest absolute Gasteiger partial charge is 0.306 e. The van der Waals surface area contributed by atoms with Crippen LogP contribution in [0.2, 0.25) is 0 Å². The molecule has 0 aromatic carbocycles. The summed E-state index contributed by atoms with van der Waals surface area (Å²) in [7, 11) is 0. The quantitative estimate of drug-likeness (QED) is 0.0261. The summed E-state index contributed by atoms with van der Waals surface area (Å²) in [4.78, 5) is 38.5. The molecule has 0 radical (unpaired) electrons. The van der Waals surface area contributed by atoms with Crippen LogP contribution in [0.25, 0.3) is 0 Å². The van der Waals surface area contributed by atoms with Crippen LogP contribution in [-0.2, 0) is 28.6 Å². The van der Waals surface area contributed by atoms with Crippen LogP contribution in [0.5, 0.6) is 0 Å². The van der Waals surface area contributed by atoms with E-state index in [1.165, 1.54) is 321 Å². The number of ether oxygens (including phenoxy) is 3. The number of carbonyl (C=O) groups is 3. The van der Waals surface area contributed by atoms with Gasteiger partial charge in [-0.15, -0.1) is 0 Å². The highest BCUT2D eigenvalue weighted by molar-refractivity contribution is 5.71. The second kappa shape index (κ2) is 71.4. The van der Waals surface area contributed by atoms with Gasteiger partial charge in [0, 0.05) is 19.3 Å². The van der Waals surface area contributed by atoms with Gasteiger partial charge >= 0.3 is 17.9 Å². The highest BCUT2D eigenvalue weighted by atomic mass is 16.6. The summed E-state index contributed by atoms with van der Waals surface area (Å²) in [6.07, 6.45) is 87.8. The molecule has 0 aliphatic carbocycles. The minimum Gasteiger partial charge on any atom is -0.462 e. The molecule has 0 aliphatic rings. The van der Waals surface area contributed by atoms with Gasteiger partial charge in [-0.2, -0.15) is 0 Å². The van der Waals surface area contributed by atoms with Crippen molar-refractivity contribution in [2.75, 3.05) is 13.2 Å². The number of rotatable bonds is 70. The normalized spacial score (nSPS) is 12.1. The van der Waals surface area contributed by atoms with E-state index < -0.39 is 6.10 Å². The minimum atomic E-state index is -0.768. The average Bonchev–Trinajstić information content (AvgIpc) is 3.47. The predicted octanol–water partition coefficient (Wildman–Crippen LogP) is 25.7. The van der Waals surface area contributed by atoms with Crippen molar-refractivity contribution >= 4 is 17.9 Å². The maximum absolute atomic E-state index is 13.0. The zero-order chi connectivity index (χ0) is 59.2. The van der Waals surface area contributed by atoms with Crippen LogP contribution in [0.3, 0.4) is 0 Å². The number of hydrogen-bond donors (Lipinski definition) is 0. The minimum absolute atomic E-state index is 0.0637. The first-order chi connectivity index (χ1) is 40.5. The summed E-state index contributed by atoms with van der Waals surface area (Å²) in [6.45, 7) is 6.73. The summed E-state index contributed by atoms with van der Waals surface area (Å²) >= 11 is 0. The van der Waals surface area contributed by atoms with Crippen molar-refractivity contribution in [1.82, 2.24) is 0 Å². The number of allylic oxidation sites excluding steroid dienone is 4. The van der Waals surface area contributed by atoms with Crippen LogP contribution in [0, 0.1) is 0 Å². The fraction of sp³-hybridized carbons (Fsp3) is 0.908. The molecule has 0 fully saturated rings. The number of carbonyl (C=O) groups excluding carboxylic acids is 3. The van der Waals surface area contributed by atoms with Crippen molar-refractivity contribution in [3.8, 4) is 0 Å². The molecule has 0 aliphatic heterocycles. The maximum Gasteiger partial charge on any atom is 0.306 e. The maximum atomic E-state index is 13.0. The predicted molar refractivity (Wildman–Crippen MR) is 358 cm³/mol. The van der Waals surface area contributed by atoms with E-state index in [1.54, 1.807) is 0 Å². The Bertz CT molecular complexity index is 1320. The summed E-state index contributed by atoms with van der Waals surface area (Å²) < 4.78 is 17.1. The molecule has 0 spiro atoms. The molecule has 0 aromatic rings. The van der Waals surface area contributed by atoms with E-state index in [-0.39, 0.29) is 31.1 Å². The topological polar surface area (TPSA) is 78.9 Å². The largest absolute Gasteiger partial charge is 0.462 e. The lowest BCUT2D eigenvalue weighted by atomic mass is 10.0. The lowest BCUT2D eigenvalue weighted by molar-refractivity contribution is -0.167. The summed E-state index contributed by atoms with van der Waals surface area (Å²) in [5, 5.41) is 0. The third-order valence-corrected chi connectivity index (χ3v) is 17.2. The summed E-state index contributed by atoms with van der Waals surface area (Å²) in [6, 6.07) is 0. The second-order valence-electron chi connectivity index (χ2n) is 25.6. The molecule has 0 aromatic heterocycles. The van der Waals surface area contributed by atoms with E-state index in [1.807, 2.05) is 0 Å². The Balaban J connectivity index is 4.27. The Morgan fingerprint density at radius 2 is 0.439 bits per heavy atom. The molecule has 0 amide bonds. The van der Waals surface area contributed by atoms with Gasteiger partial charge < -0.3 is 14.2 Å². The lowest BCUT2D eigenvalue weighted by Crippen LogP contribution is -2.30. The Morgan fingerprint density at radius 1 is 0.244 bits per heavy atom.